The van der Waals surface area contributed by atoms with Gasteiger partial charge in [0, 0.05) is 32.1 Å². The number of ketones is 2. The maximum absolute atomic E-state index is 13.2. The SMILES string of the molecule is O=C(c1cccs1)c1c2c3c(c(Br)ccc3[nH]c1=O)C(=O)c1ccccc1-2. The lowest BCUT2D eigenvalue weighted by atomic mass is 9.81. The molecule has 0 unspecified atom stereocenters. The van der Waals surface area contributed by atoms with Crippen LogP contribution in [0.4, 0.5) is 0 Å². The molecule has 0 aliphatic heterocycles. The lowest BCUT2D eigenvalue weighted by molar-refractivity contribution is 0.102. The Kier molecular flexibility index (Phi) is 3.54. The van der Waals surface area contributed by atoms with Crippen molar-refractivity contribution >= 4 is 49.7 Å². The molecule has 1 aliphatic carbocycles. The number of nitrogens with one attached hydrogen (secondary N) is 1. The van der Waals surface area contributed by atoms with Gasteiger partial charge in [-0.25, -0.2) is 0 Å². The minimum Gasteiger partial charge on any atom is -0.321 e. The number of rotatable bonds is 2. The number of aromatic amines is 1. The molecule has 130 valence electrons. The number of thiophene rings is 1. The van der Waals surface area contributed by atoms with Gasteiger partial charge in [-0.2, -0.15) is 0 Å². The summed E-state index contributed by atoms with van der Waals surface area (Å²) in [6.07, 6.45) is 0. The highest BCUT2D eigenvalue weighted by Gasteiger charge is 2.32. The second-order valence-electron chi connectivity index (χ2n) is 6.23. The van der Waals surface area contributed by atoms with Crippen molar-refractivity contribution in [2.24, 2.45) is 0 Å². The Morgan fingerprint density at radius 1 is 0.926 bits per heavy atom. The van der Waals surface area contributed by atoms with Crippen molar-refractivity contribution in [1.29, 1.82) is 0 Å². The molecule has 0 fully saturated rings. The Bertz CT molecular complexity index is 1340. The van der Waals surface area contributed by atoms with Crippen molar-refractivity contribution in [3.8, 4) is 11.1 Å². The summed E-state index contributed by atoms with van der Waals surface area (Å²) in [5.74, 6) is -0.463. The number of fused-ring (bicyclic) bond motifs is 2. The van der Waals surface area contributed by atoms with Crippen molar-refractivity contribution < 1.29 is 9.59 Å². The van der Waals surface area contributed by atoms with Crippen LogP contribution in [-0.4, -0.2) is 16.6 Å². The summed E-state index contributed by atoms with van der Waals surface area (Å²) in [6.45, 7) is 0. The Hall–Kier alpha value is -2.83. The Balaban J connectivity index is 2.02. The minimum absolute atomic E-state index is 0.0734. The third kappa shape index (κ3) is 2.23. The zero-order chi connectivity index (χ0) is 18.7. The van der Waals surface area contributed by atoms with Crippen LogP contribution in [0.5, 0.6) is 0 Å². The highest BCUT2D eigenvalue weighted by atomic mass is 79.9. The molecule has 2 aromatic carbocycles. The first-order chi connectivity index (χ1) is 13.1. The first kappa shape index (κ1) is 16.4. The van der Waals surface area contributed by atoms with Gasteiger partial charge in [0.25, 0.3) is 5.56 Å². The van der Waals surface area contributed by atoms with E-state index in [1.165, 1.54) is 11.3 Å². The predicted molar refractivity (Wildman–Crippen MR) is 109 cm³/mol. The number of benzene rings is 2. The number of pyridine rings is 1. The van der Waals surface area contributed by atoms with Crippen LogP contribution in [0.2, 0.25) is 0 Å². The summed E-state index contributed by atoms with van der Waals surface area (Å²) in [6, 6.07) is 14.1. The van der Waals surface area contributed by atoms with Crippen molar-refractivity contribution in [3.63, 3.8) is 0 Å². The van der Waals surface area contributed by atoms with Crippen LogP contribution in [0.1, 0.15) is 31.2 Å². The monoisotopic (exact) mass is 435 g/mol. The summed E-state index contributed by atoms with van der Waals surface area (Å²) >= 11 is 4.75. The molecule has 1 aliphatic rings. The minimum atomic E-state index is -0.451. The van der Waals surface area contributed by atoms with E-state index in [4.69, 9.17) is 0 Å². The van der Waals surface area contributed by atoms with E-state index in [1.807, 2.05) is 6.07 Å². The maximum Gasteiger partial charge on any atom is 0.260 e. The van der Waals surface area contributed by atoms with Crippen molar-refractivity contribution in [3.05, 3.63) is 90.3 Å². The third-order valence-electron chi connectivity index (χ3n) is 4.77. The maximum atomic E-state index is 13.2. The van der Waals surface area contributed by atoms with Crippen LogP contribution in [0.15, 0.2) is 63.2 Å². The van der Waals surface area contributed by atoms with Crippen LogP contribution < -0.4 is 5.56 Å². The van der Waals surface area contributed by atoms with Gasteiger partial charge < -0.3 is 4.98 Å². The van der Waals surface area contributed by atoms with E-state index in [0.29, 0.717) is 42.5 Å². The molecular formula is C21H10BrNO3S. The quantitative estimate of drug-likeness (QED) is 0.405. The van der Waals surface area contributed by atoms with Crippen LogP contribution in [0.25, 0.3) is 22.0 Å². The summed E-state index contributed by atoms with van der Waals surface area (Å²) < 4.78 is 0.636. The van der Waals surface area contributed by atoms with Crippen LogP contribution in [0.3, 0.4) is 0 Å². The van der Waals surface area contributed by atoms with E-state index in [0.717, 1.165) is 0 Å². The molecule has 5 rings (SSSR count). The molecule has 6 heteroatoms. The number of hydrogen-bond acceptors (Lipinski definition) is 4. The van der Waals surface area contributed by atoms with Gasteiger partial charge in [-0.3, -0.25) is 14.4 Å². The third-order valence-corrected chi connectivity index (χ3v) is 6.30. The average molecular weight is 436 g/mol. The molecule has 4 aromatic rings. The fourth-order valence-corrected chi connectivity index (χ4v) is 4.82. The van der Waals surface area contributed by atoms with Crippen molar-refractivity contribution in [2.45, 2.75) is 0 Å². The first-order valence-electron chi connectivity index (χ1n) is 8.18. The molecule has 2 heterocycles. The fraction of sp³-hybridized carbons (Fsp3) is 0. The normalized spacial score (nSPS) is 12.3. The number of carbonyl (C=O) groups excluding carboxylic acids is 2. The van der Waals surface area contributed by atoms with Crippen LogP contribution in [0, 0.1) is 0 Å². The van der Waals surface area contributed by atoms with Gasteiger partial charge >= 0.3 is 0 Å². The molecule has 0 spiro atoms. The number of halogens is 1. The molecule has 4 nitrogen and oxygen atoms in total. The van der Waals surface area contributed by atoms with Crippen LogP contribution >= 0.6 is 27.3 Å². The van der Waals surface area contributed by atoms with E-state index in [2.05, 4.69) is 20.9 Å². The van der Waals surface area contributed by atoms with E-state index < -0.39 is 5.56 Å². The number of H-pyrrole nitrogens is 1. The molecule has 0 radical (unpaired) electrons. The van der Waals surface area contributed by atoms with Gasteiger partial charge in [-0.15, -0.1) is 11.3 Å². The topological polar surface area (TPSA) is 67.0 Å². The van der Waals surface area contributed by atoms with Gasteiger partial charge in [-0.05, 0) is 29.1 Å². The number of carbonyl (C=O) groups is 2. The summed E-state index contributed by atoms with van der Waals surface area (Å²) in [5, 5.41) is 2.40. The van der Waals surface area contributed by atoms with E-state index in [1.54, 1.807) is 47.8 Å². The second-order valence-corrected chi connectivity index (χ2v) is 8.03. The van der Waals surface area contributed by atoms with Gasteiger partial charge in [0.15, 0.2) is 5.78 Å². The Labute approximate surface area is 165 Å². The number of aromatic nitrogens is 1. The molecule has 0 amide bonds. The van der Waals surface area contributed by atoms with E-state index in [-0.39, 0.29) is 17.1 Å². The highest BCUT2D eigenvalue weighted by Crippen LogP contribution is 2.42. The predicted octanol–water partition coefficient (Wildman–Crippen LogP) is 4.79. The van der Waals surface area contributed by atoms with Crippen molar-refractivity contribution in [1.82, 2.24) is 4.98 Å². The molecule has 2 aromatic heterocycles. The van der Waals surface area contributed by atoms with Gasteiger partial charge in [0.2, 0.25) is 5.78 Å². The lowest BCUT2D eigenvalue weighted by Gasteiger charge is -2.22. The smallest absolute Gasteiger partial charge is 0.260 e. The fourth-order valence-electron chi connectivity index (χ4n) is 3.64. The summed E-state index contributed by atoms with van der Waals surface area (Å²) in [4.78, 5) is 42.4. The second kappa shape index (κ2) is 5.84. The molecular weight excluding hydrogens is 426 g/mol. The highest BCUT2D eigenvalue weighted by molar-refractivity contribution is 9.10. The van der Waals surface area contributed by atoms with Gasteiger partial charge in [0.1, 0.15) is 0 Å². The van der Waals surface area contributed by atoms with Crippen LogP contribution in [-0.2, 0) is 0 Å². The first-order valence-corrected chi connectivity index (χ1v) is 9.86. The van der Waals surface area contributed by atoms with Crippen molar-refractivity contribution in [2.75, 3.05) is 0 Å². The van der Waals surface area contributed by atoms with Gasteiger partial charge in [0.05, 0.1) is 10.4 Å². The molecule has 0 atom stereocenters. The van der Waals surface area contributed by atoms with E-state index >= 15 is 0 Å². The summed E-state index contributed by atoms with van der Waals surface area (Å²) in [5.41, 5.74) is 2.26. The molecule has 0 bridgehead atoms. The molecule has 0 saturated carbocycles. The Morgan fingerprint density at radius 3 is 2.44 bits per heavy atom. The lowest BCUT2D eigenvalue weighted by Crippen LogP contribution is -2.23. The molecule has 27 heavy (non-hydrogen) atoms. The molecule has 0 saturated heterocycles. The number of hydrogen-bond donors (Lipinski definition) is 1. The average Bonchev–Trinajstić information content (AvgIpc) is 3.21. The van der Waals surface area contributed by atoms with Gasteiger partial charge in [-0.1, -0.05) is 46.3 Å². The molecule has 1 N–H and O–H groups in total. The zero-order valence-electron chi connectivity index (χ0n) is 13.7. The zero-order valence-corrected chi connectivity index (χ0v) is 16.1. The standard InChI is InChI=1S/C21H10BrNO3S/c22-12-7-8-13-17-15(10-4-1-2-5-11(10)19(24)16(12)17)18(21(26)23-13)20(25)14-6-3-9-27-14/h1-9H,(H,23,26). The largest absolute Gasteiger partial charge is 0.321 e. The summed E-state index contributed by atoms with van der Waals surface area (Å²) in [7, 11) is 0. The van der Waals surface area contributed by atoms with E-state index in [9.17, 15) is 14.4 Å². The Morgan fingerprint density at radius 2 is 1.70 bits per heavy atom.